The second kappa shape index (κ2) is 8.55. The number of hydrogen-bond donors (Lipinski definition) is 2. The van der Waals surface area contributed by atoms with Crippen molar-refractivity contribution in [2.75, 3.05) is 12.3 Å². The Morgan fingerprint density at radius 2 is 2.12 bits per heavy atom. The molecule has 3 N–H and O–H groups in total. The second-order valence-electron chi connectivity index (χ2n) is 4.71. The van der Waals surface area contributed by atoms with Gasteiger partial charge in [0, 0.05) is 7.05 Å². The lowest BCUT2D eigenvalue weighted by molar-refractivity contribution is -0.123. The number of benzene rings is 1. The van der Waals surface area contributed by atoms with Crippen LogP contribution in [0.4, 0.5) is 0 Å². The Bertz CT molecular complexity index is 737. The van der Waals surface area contributed by atoms with Crippen LogP contribution in [-0.4, -0.2) is 38.9 Å². The Hall–Kier alpha value is -2.26. The first-order chi connectivity index (χ1) is 11.5. The average Bonchev–Trinajstić information content (AvgIpc) is 2.90. The quantitative estimate of drug-likeness (QED) is 0.664. The highest BCUT2D eigenvalue weighted by Crippen LogP contribution is 2.24. The molecule has 0 aliphatic heterocycles. The van der Waals surface area contributed by atoms with E-state index in [4.69, 9.17) is 22.1 Å². The molecule has 2 rings (SSSR count). The number of carbonyl (C=O) groups excluding carboxylic acids is 2. The Morgan fingerprint density at radius 1 is 1.38 bits per heavy atom. The smallest absolute Gasteiger partial charge is 0.236 e. The SMILES string of the molecule is Cn1c(COc2ccccc2Cl)nnc1SCC(=O)NCC(N)=O. The molecule has 1 aromatic heterocycles. The van der Waals surface area contributed by atoms with Crippen molar-refractivity contribution in [3.05, 3.63) is 35.1 Å². The fraction of sp³-hybridized carbons (Fsp3) is 0.286. The monoisotopic (exact) mass is 369 g/mol. The number of amides is 2. The van der Waals surface area contributed by atoms with Crippen LogP contribution in [-0.2, 0) is 23.2 Å². The summed E-state index contributed by atoms with van der Waals surface area (Å²) in [4.78, 5) is 22.1. The van der Waals surface area contributed by atoms with Crippen LogP contribution in [0.25, 0.3) is 0 Å². The molecule has 2 amide bonds. The Labute approximate surface area is 147 Å². The second-order valence-corrected chi connectivity index (χ2v) is 6.06. The lowest BCUT2D eigenvalue weighted by atomic mass is 10.3. The highest BCUT2D eigenvalue weighted by Gasteiger charge is 2.12. The molecule has 0 bridgehead atoms. The molecule has 1 aromatic carbocycles. The van der Waals surface area contributed by atoms with Gasteiger partial charge >= 0.3 is 0 Å². The fourth-order valence-electron chi connectivity index (χ4n) is 1.67. The van der Waals surface area contributed by atoms with Crippen molar-refractivity contribution in [2.24, 2.45) is 12.8 Å². The maximum atomic E-state index is 11.6. The zero-order chi connectivity index (χ0) is 17.5. The molecule has 1 heterocycles. The summed E-state index contributed by atoms with van der Waals surface area (Å²) in [5, 5.41) is 11.5. The Balaban J connectivity index is 1.88. The first-order valence-corrected chi connectivity index (χ1v) is 8.27. The van der Waals surface area contributed by atoms with Crippen LogP contribution in [0.5, 0.6) is 5.75 Å². The summed E-state index contributed by atoms with van der Waals surface area (Å²) in [6.45, 7) is 0.0107. The van der Waals surface area contributed by atoms with Gasteiger partial charge in [0.05, 0.1) is 17.3 Å². The van der Waals surface area contributed by atoms with Gasteiger partial charge in [-0.1, -0.05) is 35.5 Å². The van der Waals surface area contributed by atoms with Crippen LogP contribution in [0.3, 0.4) is 0 Å². The van der Waals surface area contributed by atoms with E-state index in [9.17, 15) is 9.59 Å². The number of aromatic nitrogens is 3. The zero-order valence-corrected chi connectivity index (χ0v) is 14.4. The number of nitrogens with two attached hydrogens (primary N) is 1. The minimum absolute atomic E-state index is 0.102. The molecule has 0 aliphatic rings. The van der Waals surface area contributed by atoms with Crippen LogP contribution < -0.4 is 15.8 Å². The van der Waals surface area contributed by atoms with Gasteiger partial charge in [-0.2, -0.15) is 0 Å². The number of nitrogens with one attached hydrogen (secondary N) is 1. The normalized spacial score (nSPS) is 10.4. The third kappa shape index (κ3) is 5.14. The van der Waals surface area contributed by atoms with Crippen molar-refractivity contribution in [1.29, 1.82) is 0 Å². The van der Waals surface area contributed by atoms with E-state index < -0.39 is 5.91 Å². The summed E-state index contributed by atoms with van der Waals surface area (Å²) in [7, 11) is 1.77. The van der Waals surface area contributed by atoms with Crippen LogP contribution in [0.2, 0.25) is 5.02 Å². The zero-order valence-electron chi connectivity index (χ0n) is 12.9. The van der Waals surface area contributed by atoms with E-state index in [1.165, 1.54) is 11.8 Å². The summed E-state index contributed by atoms with van der Waals surface area (Å²) >= 11 is 7.22. The highest BCUT2D eigenvalue weighted by atomic mass is 35.5. The van der Waals surface area contributed by atoms with E-state index in [1.807, 2.05) is 12.1 Å². The maximum Gasteiger partial charge on any atom is 0.236 e. The lowest BCUT2D eigenvalue weighted by Gasteiger charge is -2.07. The molecular weight excluding hydrogens is 354 g/mol. The van der Waals surface area contributed by atoms with Gasteiger partial charge in [-0.25, -0.2) is 0 Å². The molecule has 2 aromatic rings. The first-order valence-electron chi connectivity index (χ1n) is 6.90. The Kier molecular flexibility index (Phi) is 6.44. The predicted molar refractivity (Wildman–Crippen MR) is 89.7 cm³/mol. The van der Waals surface area contributed by atoms with Crippen molar-refractivity contribution in [3.63, 3.8) is 0 Å². The molecule has 0 fully saturated rings. The minimum Gasteiger partial charge on any atom is -0.484 e. The van der Waals surface area contributed by atoms with E-state index in [1.54, 1.807) is 23.7 Å². The van der Waals surface area contributed by atoms with Gasteiger partial charge in [-0.3, -0.25) is 9.59 Å². The number of primary amides is 1. The van der Waals surface area contributed by atoms with Gasteiger partial charge in [0.2, 0.25) is 11.8 Å². The molecule has 8 nitrogen and oxygen atoms in total. The van der Waals surface area contributed by atoms with Crippen molar-refractivity contribution < 1.29 is 14.3 Å². The summed E-state index contributed by atoms with van der Waals surface area (Å²) < 4.78 is 7.34. The number of carbonyl (C=O) groups is 2. The van der Waals surface area contributed by atoms with Gasteiger partial charge in [0.15, 0.2) is 11.0 Å². The summed E-state index contributed by atoms with van der Waals surface area (Å²) in [6.07, 6.45) is 0. The number of halogens is 1. The van der Waals surface area contributed by atoms with Crippen molar-refractivity contribution in [3.8, 4) is 5.75 Å². The maximum absolute atomic E-state index is 11.6. The van der Waals surface area contributed by atoms with E-state index >= 15 is 0 Å². The number of ether oxygens (including phenoxy) is 1. The van der Waals surface area contributed by atoms with Gasteiger partial charge in [-0.05, 0) is 12.1 Å². The molecule has 24 heavy (non-hydrogen) atoms. The molecule has 0 atom stereocenters. The van der Waals surface area contributed by atoms with E-state index in [2.05, 4.69) is 15.5 Å². The van der Waals surface area contributed by atoms with E-state index in [0.717, 1.165) is 0 Å². The molecule has 128 valence electrons. The predicted octanol–water partition coefficient (Wildman–Crippen LogP) is 0.741. The van der Waals surface area contributed by atoms with Gasteiger partial charge in [0.1, 0.15) is 12.4 Å². The summed E-state index contributed by atoms with van der Waals surface area (Å²) in [5.74, 6) is 0.351. The average molecular weight is 370 g/mol. The molecule has 0 saturated heterocycles. The molecule has 0 spiro atoms. The summed E-state index contributed by atoms with van der Waals surface area (Å²) in [6, 6.07) is 7.14. The number of rotatable bonds is 8. The highest BCUT2D eigenvalue weighted by molar-refractivity contribution is 7.99. The number of para-hydroxylation sites is 1. The molecule has 0 saturated carbocycles. The fourth-order valence-corrected chi connectivity index (χ4v) is 2.62. The molecule has 0 radical (unpaired) electrons. The number of thioether (sulfide) groups is 1. The van der Waals surface area contributed by atoms with Crippen LogP contribution in [0.1, 0.15) is 5.82 Å². The molecule has 10 heteroatoms. The topological polar surface area (TPSA) is 112 Å². The standard InChI is InChI=1S/C14H16ClN5O3S/c1-20-12(7-23-10-5-3-2-4-9(10)15)18-19-14(20)24-8-13(22)17-6-11(16)21/h2-5H,6-8H2,1H3,(H2,16,21)(H,17,22). The van der Waals surface area contributed by atoms with E-state index in [0.29, 0.717) is 21.8 Å². The van der Waals surface area contributed by atoms with Crippen LogP contribution in [0.15, 0.2) is 29.4 Å². The van der Waals surface area contributed by atoms with Crippen molar-refractivity contribution >= 4 is 35.2 Å². The van der Waals surface area contributed by atoms with Crippen LogP contribution in [0, 0.1) is 0 Å². The van der Waals surface area contributed by atoms with Crippen molar-refractivity contribution in [2.45, 2.75) is 11.8 Å². The largest absolute Gasteiger partial charge is 0.484 e. The van der Waals surface area contributed by atoms with Gasteiger partial charge in [-0.15, -0.1) is 10.2 Å². The molecule has 0 unspecified atom stereocenters. The minimum atomic E-state index is -0.592. The summed E-state index contributed by atoms with van der Waals surface area (Å²) in [5.41, 5.74) is 4.96. The lowest BCUT2D eigenvalue weighted by Crippen LogP contribution is -2.34. The third-order valence-corrected chi connectivity index (χ3v) is 4.24. The Morgan fingerprint density at radius 3 is 2.83 bits per heavy atom. The number of nitrogens with zero attached hydrogens (tertiary/aromatic N) is 3. The van der Waals surface area contributed by atoms with Gasteiger partial charge < -0.3 is 20.4 Å². The molecular formula is C14H16ClN5O3S. The first kappa shape index (κ1) is 18.1. The van der Waals surface area contributed by atoms with Crippen LogP contribution >= 0.6 is 23.4 Å². The van der Waals surface area contributed by atoms with Gasteiger partial charge in [0.25, 0.3) is 0 Å². The third-order valence-electron chi connectivity index (χ3n) is 2.91. The number of hydrogen-bond acceptors (Lipinski definition) is 6. The molecule has 0 aliphatic carbocycles. The van der Waals surface area contributed by atoms with E-state index in [-0.39, 0.29) is 24.8 Å². The van der Waals surface area contributed by atoms with Crippen molar-refractivity contribution in [1.82, 2.24) is 20.1 Å².